The molecule has 0 aromatic heterocycles. The van der Waals surface area contributed by atoms with Crippen LogP contribution in [-0.4, -0.2) is 17.3 Å². The molecule has 3 nitrogen and oxygen atoms in total. The molecule has 0 bridgehead atoms. The zero-order valence-electron chi connectivity index (χ0n) is 6.97. The number of hydrogen-bond donors (Lipinski definition) is 3. The highest BCUT2D eigenvalue weighted by Crippen LogP contribution is 2.19. The summed E-state index contributed by atoms with van der Waals surface area (Å²) in [6.07, 6.45) is 1.77. The molecule has 0 spiro atoms. The van der Waals surface area contributed by atoms with Gasteiger partial charge >= 0.3 is 0 Å². The van der Waals surface area contributed by atoms with Gasteiger partial charge in [-0.2, -0.15) is 0 Å². The van der Waals surface area contributed by atoms with E-state index in [2.05, 4.69) is 0 Å². The first-order valence-corrected chi connectivity index (χ1v) is 4.74. The molecule has 0 atom stereocenters. The van der Waals surface area contributed by atoms with Crippen molar-refractivity contribution in [3.05, 3.63) is 29.6 Å². The van der Waals surface area contributed by atoms with Gasteiger partial charge in [0.2, 0.25) is 0 Å². The van der Waals surface area contributed by atoms with Gasteiger partial charge in [-0.05, 0) is 24.5 Å². The second-order valence-electron chi connectivity index (χ2n) is 2.34. The first-order valence-electron chi connectivity index (χ1n) is 3.51. The molecule has 1 aromatic rings. The van der Waals surface area contributed by atoms with Crippen molar-refractivity contribution < 1.29 is 9.60 Å². The van der Waals surface area contributed by atoms with Crippen molar-refractivity contribution in [3.8, 4) is 0 Å². The summed E-state index contributed by atoms with van der Waals surface area (Å²) < 4.78 is 13.1. The van der Waals surface area contributed by atoms with E-state index in [9.17, 15) is 4.39 Å². The third-order valence-corrected chi connectivity index (χ3v) is 2.32. The average molecular weight is 200 g/mol. The van der Waals surface area contributed by atoms with Gasteiger partial charge in [-0.25, -0.2) is 4.39 Å². The molecule has 0 fully saturated rings. The summed E-state index contributed by atoms with van der Waals surface area (Å²) in [5, 5.41) is 15.6. The maximum Gasteiger partial charge on any atom is 0.149 e. The van der Waals surface area contributed by atoms with Crippen LogP contribution in [0.5, 0.6) is 0 Å². The van der Waals surface area contributed by atoms with Gasteiger partial charge in [-0.3, -0.25) is 16.1 Å². The number of amidine groups is 1. The summed E-state index contributed by atoms with van der Waals surface area (Å²) in [6, 6.07) is 4.35. The first-order chi connectivity index (χ1) is 6.19. The molecule has 0 saturated carbocycles. The van der Waals surface area contributed by atoms with Crippen LogP contribution in [0.4, 0.5) is 4.39 Å². The molecule has 1 aromatic carbocycles. The predicted molar refractivity (Wildman–Crippen MR) is 49.9 cm³/mol. The number of rotatable bonds is 2. The Labute approximate surface area is 79.4 Å². The first kappa shape index (κ1) is 10.0. The average Bonchev–Trinajstić information content (AvgIpc) is 2.16. The van der Waals surface area contributed by atoms with Crippen molar-refractivity contribution in [1.82, 2.24) is 5.48 Å². The third-order valence-electron chi connectivity index (χ3n) is 1.55. The molecule has 0 amide bonds. The zero-order chi connectivity index (χ0) is 9.84. The number of halogens is 1. The standard InChI is InChI=1S/C8H9FN2OS/c1-13-7-3-2-5(4-6(7)9)8(10)11-12/h2-4,12H,1H3,(H2,10,11). The smallest absolute Gasteiger partial charge is 0.149 e. The maximum absolute atomic E-state index is 13.1. The lowest BCUT2D eigenvalue weighted by atomic mass is 10.2. The van der Waals surface area contributed by atoms with E-state index in [1.54, 1.807) is 23.9 Å². The Balaban J connectivity index is 3.02. The van der Waals surface area contributed by atoms with Gasteiger partial charge in [-0.15, -0.1) is 11.8 Å². The fourth-order valence-corrected chi connectivity index (χ4v) is 1.34. The minimum absolute atomic E-state index is 0.216. The lowest BCUT2D eigenvalue weighted by Gasteiger charge is -2.03. The van der Waals surface area contributed by atoms with Crippen molar-refractivity contribution in [2.75, 3.05) is 6.26 Å². The van der Waals surface area contributed by atoms with E-state index in [0.717, 1.165) is 0 Å². The molecule has 0 heterocycles. The Kier molecular flexibility index (Phi) is 3.27. The van der Waals surface area contributed by atoms with Crippen LogP contribution in [0.15, 0.2) is 23.1 Å². The highest BCUT2D eigenvalue weighted by atomic mass is 32.2. The lowest BCUT2D eigenvalue weighted by molar-refractivity contribution is 0.234. The predicted octanol–water partition coefficient (Wildman–Crippen LogP) is 1.85. The van der Waals surface area contributed by atoms with Gasteiger partial charge < -0.3 is 0 Å². The van der Waals surface area contributed by atoms with Crippen LogP contribution < -0.4 is 5.48 Å². The van der Waals surface area contributed by atoms with E-state index in [0.29, 0.717) is 10.5 Å². The molecular weight excluding hydrogens is 191 g/mol. The van der Waals surface area contributed by atoms with E-state index in [4.69, 9.17) is 10.6 Å². The normalized spacial score (nSPS) is 9.77. The molecular formula is C8H9FN2OS. The summed E-state index contributed by atoms with van der Waals surface area (Å²) >= 11 is 1.30. The summed E-state index contributed by atoms with van der Waals surface area (Å²) in [5.41, 5.74) is 1.97. The summed E-state index contributed by atoms with van der Waals surface area (Å²) in [5.74, 6) is -0.600. The van der Waals surface area contributed by atoms with Gasteiger partial charge in [0, 0.05) is 10.5 Å². The molecule has 3 N–H and O–H groups in total. The SMILES string of the molecule is CSc1ccc(C(=N)NO)cc1F. The largest absolute Gasteiger partial charge is 0.290 e. The van der Waals surface area contributed by atoms with Gasteiger partial charge in [0.25, 0.3) is 0 Å². The van der Waals surface area contributed by atoms with E-state index in [1.807, 2.05) is 0 Å². The number of hydroxylamine groups is 1. The molecule has 70 valence electrons. The van der Waals surface area contributed by atoms with E-state index >= 15 is 0 Å². The molecule has 1 rings (SSSR count). The van der Waals surface area contributed by atoms with Crippen molar-refractivity contribution in [2.24, 2.45) is 0 Å². The fourth-order valence-electron chi connectivity index (χ4n) is 0.886. The number of hydrogen-bond acceptors (Lipinski definition) is 3. The van der Waals surface area contributed by atoms with Gasteiger partial charge in [0.05, 0.1) is 0 Å². The van der Waals surface area contributed by atoms with E-state index in [-0.39, 0.29) is 11.7 Å². The van der Waals surface area contributed by atoms with Crippen molar-refractivity contribution >= 4 is 17.6 Å². The summed E-state index contributed by atoms with van der Waals surface area (Å²) in [7, 11) is 0. The summed E-state index contributed by atoms with van der Waals surface area (Å²) in [6.45, 7) is 0. The number of nitrogens with one attached hydrogen (secondary N) is 2. The Bertz CT molecular complexity index is 330. The molecule has 0 saturated heterocycles. The minimum atomic E-state index is -0.384. The van der Waals surface area contributed by atoms with Crippen LogP contribution in [-0.2, 0) is 0 Å². The van der Waals surface area contributed by atoms with Crippen LogP contribution in [0, 0.1) is 11.2 Å². The molecule has 0 aliphatic rings. The van der Waals surface area contributed by atoms with Gasteiger partial charge in [-0.1, -0.05) is 0 Å². The quantitative estimate of drug-likeness (QED) is 0.295. The highest BCUT2D eigenvalue weighted by molar-refractivity contribution is 7.98. The van der Waals surface area contributed by atoms with Crippen LogP contribution >= 0.6 is 11.8 Å². The molecule has 0 radical (unpaired) electrons. The van der Waals surface area contributed by atoms with Crippen molar-refractivity contribution in [1.29, 1.82) is 5.41 Å². The van der Waals surface area contributed by atoms with Gasteiger partial charge in [0.15, 0.2) is 0 Å². The minimum Gasteiger partial charge on any atom is -0.290 e. The molecule has 13 heavy (non-hydrogen) atoms. The van der Waals surface area contributed by atoms with Crippen molar-refractivity contribution in [2.45, 2.75) is 4.90 Å². The summed E-state index contributed by atoms with van der Waals surface area (Å²) in [4.78, 5) is 0.523. The Morgan fingerprint density at radius 2 is 2.31 bits per heavy atom. The second-order valence-corrected chi connectivity index (χ2v) is 3.18. The van der Waals surface area contributed by atoms with Crippen LogP contribution in [0.1, 0.15) is 5.56 Å². The Hall–Kier alpha value is -1.07. The lowest BCUT2D eigenvalue weighted by Crippen LogP contribution is -2.18. The number of benzene rings is 1. The fraction of sp³-hybridized carbons (Fsp3) is 0.125. The van der Waals surface area contributed by atoms with Crippen LogP contribution in [0.2, 0.25) is 0 Å². The molecule has 0 aliphatic heterocycles. The highest BCUT2D eigenvalue weighted by Gasteiger charge is 2.05. The van der Waals surface area contributed by atoms with Crippen LogP contribution in [0.25, 0.3) is 0 Å². The molecule has 5 heteroatoms. The number of thioether (sulfide) groups is 1. The molecule has 0 aliphatic carbocycles. The van der Waals surface area contributed by atoms with Crippen LogP contribution in [0.3, 0.4) is 0 Å². The topological polar surface area (TPSA) is 56.1 Å². The van der Waals surface area contributed by atoms with E-state index in [1.165, 1.54) is 17.8 Å². The van der Waals surface area contributed by atoms with Crippen molar-refractivity contribution in [3.63, 3.8) is 0 Å². The third kappa shape index (κ3) is 2.19. The van der Waals surface area contributed by atoms with E-state index < -0.39 is 0 Å². The second kappa shape index (κ2) is 4.25. The van der Waals surface area contributed by atoms with Gasteiger partial charge in [0.1, 0.15) is 11.7 Å². The Morgan fingerprint density at radius 1 is 1.62 bits per heavy atom. The maximum atomic E-state index is 13.1. The zero-order valence-corrected chi connectivity index (χ0v) is 7.78. The Morgan fingerprint density at radius 3 is 2.77 bits per heavy atom. The molecule has 0 unspecified atom stereocenters. The monoisotopic (exact) mass is 200 g/mol.